The molecule has 2 aromatic carbocycles. The highest BCUT2D eigenvalue weighted by Crippen LogP contribution is 2.46. The number of carbonyl (C=O) groups excluding carboxylic acids is 1. The summed E-state index contributed by atoms with van der Waals surface area (Å²) >= 11 is 0. The Labute approximate surface area is 199 Å². The lowest BCUT2D eigenvalue weighted by Gasteiger charge is -2.25. The smallest absolute Gasteiger partial charge is 0.296 e. The Bertz CT molecular complexity index is 1520. The standard InChI is InChI=1S/C26H21FN2O6/c1-13-7-8-28-20(9-13)29-22(14-10-18(32-2)24(34-4)19(11-14)33-3)21-23(30)16-12-15(27)5-6-17(16)35-25(21)26(29)31/h5-12,22H,1-4H3/t22-/m0/s1. The van der Waals surface area contributed by atoms with Crippen LogP contribution in [0.3, 0.4) is 0 Å². The van der Waals surface area contributed by atoms with Crippen LogP contribution in [0.25, 0.3) is 11.0 Å². The first-order valence-electron chi connectivity index (χ1n) is 10.7. The molecule has 8 nitrogen and oxygen atoms in total. The van der Waals surface area contributed by atoms with E-state index in [1.807, 2.05) is 6.92 Å². The minimum atomic E-state index is -0.940. The van der Waals surface area contributed by atoms with Gasteiger partial charge in [-0.3, -0.25) is 14.5 Å². The molecular weight excluding hydrogens is 455 g/mol. The Morgan fingerprint density at radius 3 is 2.31 bits per heavy atom. The minimum Gasteiger partial charge on any atom is -0.493 e. The number of methoxy groups -OCH3 is 3. The first-order valence-corrected chi connectivity index (χ1v) is 10.7. The Hall–Kier alpha value is -4.40. The molecule has 0 radical (unpaired) electrons. The van der Waals surface area contributed by atoms with Crippen LogP contribution in [-0.4, -0.2) is 32.2 Å². The van der Waals surface area contributed by atoms with Crippen molar-refractivity contribution in [1.29, 1.82) is 0 Å². The highest BCUT2D eigenvalue weighted by Gasteiger charge is 2.45. The van der Waals surface area contributed by atoms with E-state index in [1.165, 1.54) is 38.4 Å². The van der Waals surface area contributed by atoms with Crippen LogP contribution in [0, 0.1) is 12.7 Å². The summed E-state index contributed by atoms with van der Waals surface area (Å²) in [7, 11) is 4.42. The zero-order chi connectivity index (χ0) is 24.9. The topological polar surface area (TPSA) is 91.1 Å². The Morgan fingerprint density at radius 1 is 0.971 bits per heavy atom. The lowest BCUT2D eigenvalue weighted by Crippen LogP contribution is -2.30. The maximum absolute atomic E-state index is 14.0. The van der Waals surface area contributed by atoms with Crippen molar-refractivity contribution in [3.8, 4) is 17.2 Å². The maximum Gasteiger partial charge on any atom is 0.296 e. The summed E-state index contributed by atoms with van der Waals surface area (Å²) in [4.78, 5) is 33.1. The van der Waals surface area contributed by atoms with Crippen molar-refractivity contribution < 1.29 is 27.8 Å². The summed E-state index contributed by atoms with van der Waals surface area (Å²) in [6, 6.07) is 9.52. The van der Waals surface area contributed by atoms with Crippen molar-refractivity contribution in [2.75, 3.05) is 26.2 Å². The molecule has 1 amide bonds. The molecule has 0 saturated carbocycles. The number of halogens is 1. The molecule has 4 aromatic rings. The second-order valence-corrected chi connectivity index (χ2v) is 8.04. The van der Waals surface area contributed by atoms with Gasteiger partial charge >= 0.3 is 0 Å². The van der Waals surface area contributed by atoms with Crippen molar-refractivity contribution in [3.63, 3.8) is 0 Å². The molecule has 0 unspecified atom stereocenters. The monoisotopic (exact) mass is 476 g/mol. The molecule has 0 bridgehead atoms. The van der Waals surface area contributed by atoms with Crippen LogP contribution in [0.4, 0.5) is 10.2 Å². The lowest BCUT2D eigenvalue weighted by molar-refractivity contribution is 0.0970. The Kier molecular flexibility index (Phi) is 5.39. The van der Waals surface area contributed by atoms with Crippen LogP contribution in [0.1, 0.15) is 33.3 Å². The molecule has 3 heterocycles. The number of pyridine rings is 1. The van der Waals surface area contributed by atoms with Crippen LogP contribution in [0.15, 0.2) is 57.9 Å². The predicted molar refractivity (Wildman–Crippen MR) is 126 cm³/mol. The fraction of sp³-hybridized carbons (Fsp3) is 0.192. The van der Waals surface area contributed by atoms with E-state index in [0.29, 0.717) is 28.6 Å². The molecule has 0 fully saturated rings. The molecule has 0 N–H and O–H groups in total. The summed E-state index contributed by atoms with van der Waals surface area (Å²) in [5.41, 5.74) is 1.05. The number of amides is 1. The average Bonchev–Trinajstić information content (AvgIpc) is 3.16. The highest BCUT2D eigenvalue weighted by molar-refractivity contribution is 6.10. The summed E-state index contributed by atoms with van der Waals surface area (Å²) in [6.07, 6.45) is 1.58. The summed E-state index contributed by atoms with van der Waals surface area (Å²) in [6.45, 7) is 1.87. The van der Waals surface area contributed by atoms with Crippen molar-refractivity contribution in [1.82, 2.24) is 4.98 Å². The number of rotatable bonds is 5. The Morgan fingerprint density at radius 2 is 1.69 bits per heavy atom. The summed E-state index contributed by atoms with van der Waals surface area (Å²) in [5, 5.41) is 0.0352. The second-order valence-electron chi connectivity index (χ2n) is 8.04. The van der Waals surface area contributed by atoms with Crippen molar-refractivity contribution in [3.05, 3.63) is 87.2 Å². The van der Waals surface area contributed by atoms with Crippen LogP contribution in [0.5, 0.6) is 17.2 Å². The van der Waals surface area contributed by atoms with E-state index in [9.17, 15) is 14.0 Å². The third-order valence-corrected chi connectivity index (χ3v) is 5.98. The molecule has 178 valence electrons. The van der Waals surface area contributed by atoms with E-state index in [0.717, 1.165) is 11.6 Å². The van der Waals surface area contributed by atoms with Gasteiger partial charge in [0.1, 0.15) is 17.2 Å². The van der Waals surface area contributed by atoms with E-state index in [4.69, 9.17) is 18.6 Å². The van der Waals surface area contributed by atoms with Crippen LogP contribution < -0.4 is 24.5 Å². The van der Waals surface area contributed by atoms with Gasteiger partial charge in [-0.2, -0.15) is 0 Å². The molecule has 2 aromatic heterocycles. The van der Waals surface area contributed by atoms with E-state index in [-0.39, 0.29) is 22.3 Å². The maximum atomic E-state index is 14.0. The molecule has 5 rings (SSSR count). The second kappa shape index (κ2) is 8.43. The molecule has 0 spiro atoms. The van der Waals surface area contributed by atoms with Crippen LogP contribution in [0.2, 0.25) is 0 Å². The zero-order valence-electron chi connectivity index (χ0n) is 19.4. The van der Waals surface area contributed by atoms with Crippen molar-refractivity contribution in [2.45, 2.75) is 13.0 Å². The Balaban J connectivity index is 1.85. The average molecular weight is 476 g/mol. The fourth-order valence-corrected chi connectivity index (χ4v) is 4.41. The van der Waals surface area contributed by atoms with Gasteiger partial charge in [0, 0.05) is 6.20 Å². The molecule has 9 heteroatoms. The fourth-order valence-electron chi connectivity index (χ4n) is 4.41. The SMILES string of the molecule is COc1cc([C@H]2c3c(oc4ccc(F)cc4c3=O)C(=O)N2c2cc(C)ccn2)cc(OC)c1OC. The van der Waals surface area contributed by atoms with Gasteiger partial charge in [0.2, 0.25) is 11.5 Å². The van der Waals surface area contributed by atoms with Gasteiger partial charge < -0.3 is 18.6 Å². The summed E-state index contributed by atoms with van der Waals surface area (Å²) in [5.74, 6) is 0.116. The quantitative estimate of drug-likeness (QED) is 0.421. The molecule has 1 aliphatic rings. The largest absolute Gasteiger partial charge is 0.493 e. The number of hydrogen-bond donors (Lipinski definition) is 0. The lowest BCUT2D eigenvalue weighted by atomic mass is 9.97. The molecule has 35 heavy (non-hydrogen) atoms. The van der Waals surface area contributed by atoms with Gasteiger partial charge in [0.05, 0.1) is 38.3 Å². The van der Waals surface area contributed by atoms with Gasteiger partial charge in [-0.05, 0) is 60.5 Å². The highest BCUT2D eigenvalue weighted by atomic mass is 19.1. The number of hydrogen-bond acceptors (Lipinski definition) is 7. The number of aryl methyl sites for hydroxylation is 1. The van der Waals surface area contributed by atoms with Gasteiger partial charge in [0.15, 0.2) is 16.9 Å². The summed E-state index contributed by atoms with van der Waals surface area (Å²) < 4.78 is 36.3. The number of carbonyl (C=O) groups is 1. The molecule has 0 aliphatic carbocycles. The third kappa shape index (κ3) is 3.47. The molecule has 1 aliphatic heterocycles. The number of fused-ring (bicyclic) bond motifs is 2. The predicted octanol–water partition coefficient (Wildman–Crippen LogP) is 4.41. The molecule has 1 atom stereocenters. The van der Waals surface area contributed by atoms with Gasteiger partial charge in [-0.15, -0.1) is 0 Å². The third-order valence-electron chi connectivity index (χ3n) is 5.98. The van der Waals surface area contributed by atoms with Crippen LogP contribution in [-0.2, 0) is 0 Å². The van der Waals surface area contributed by atoms with Crippen molar-refractivity contribution in [2.24, 2.45) is 0 Å². The number of ether oxygens (including phenoxy) is 3. The first-order chi connectivity index (χ1) is 16.9. The van der Waals surface area contributed by atoms with E-state index in [2.05, 4.69) is 4.98 Å². The molecule has 0 saturated heterocycles. The minimum absolute atomic E-state index is 0.0352. The zero-order valence-corrected chi connectivity index (χ0v) is 19.4. The van der Waals surface area contributed by atoms with Gasteiger partial charge in [0.25, 0.3) is 5.91 Å². The van der Waals surface area contributed by atoms with Gasteiger partial charge in [-0.1, -0.05) is 0 Å². The van der Waals surface area contributed by atoms with E-state index in [1.54, 1.807) is 30.5 Å². The van der Waals surface area contributed by atoms with E-state index < -0.39 is 23.2 Å². The van der Waals surface area contributed by atoms with E-state index >= 15 is 0 Å². The first kappa shape index (κ1) is 22.4. The number of nitrogens with zero attached hydrogens (tertiary/aromatic N) is 2. The number of aromatic nitrogens is 1. The normalized spacial score (nSPS) is 14.8. The van der Waals surface area contributed by atoms with Gasteiger partial charge in [-0.25, -0.2) is 9.37 Å². The molecular formula is C26H21FN2O6. The number of benzene rings is 2. The number of anilines is 1. The van der Waals surface area contributed by atoms with Crippen molar-refractivity contribution >= 4 is 22.7 Å². The van der Waals surface area contributed by atoms with Crippen LogP contribution >= 0.6 is 0 Å².